The average molecular weight is 318 g/mol. The highest BCUT2D eigenvalue weighted by Gasteiger charge is 2.12. The van der Waals surface area contributed by atoms with E-state index in [-0.39, 0.29) is 0 Å². The Labute approximate surface area is 134 Å². The van der Waals surface area contributed by atoms with Crippen LogP contribution in [0.5, 0.6) is 0 Å². The monoisotopic (exact) mass is 317 g/mol. The van der Waals surface area contributed by atoms with E-state index in [0.29, 0.717) is 10.1 Å². The number of nitrogens with one attached hydrogen (secondary N) is 3. The molecule has 108 valence electrons. The molecule has 3 N–H and O–H groups in total. The van der Waals surface area contributed by atoms with Crippen LogP contribution < -0.4 is 10.6 Å². The molecule has 0 bridgehead atoms. The van der Waals surface area contributed by atoms with Crippen molar-refractivity contribution in [2.24, 2.45) is 0 Å². The van der Waals surface area contributed by atoms with Crippen molar-refractivity contribution in [1.82, 2.24) is 10.6 Å². The van der Waals surface area contributed by atoms with E-state index in [0.717, 1.165) is 29.9 Å². The summed E-state index contributed by atoms with van der Waals surface area (Å²) in [7, 11) is 1.84. The van der Waals surface area contributed by atoms with Gasteiger partial charge in [0.2, 0.25) is 0 Å². The molecular weight excluding hydrogens is 302 g/mol. The molecule has 3 nitrogen and oxygen atoms in total. The summed E-state index contributed by atoms with van der Waals surface area (Å²) in [4.78, 5) is 0. The topological polar surface area (TPSA) is 47.9 Å². The lowest BCUT2D eigenvalue weighted by Crippen LogP contribution is -2.26. The lowest BCUT2D eigenvalue weighted by Gasteiger charge is -2.11. The first-order valence-corrected chi connectivity index (χ1v) is 7.79. The molecule has 0 spiro atoms. The molecular formula is C16H16ClN3S. The third kappa shape index (κ3) is 4.59. The lowest BCUT2D eigenvalue weighted by molar-refractivity contribution is 0.738. The average Bonchev–Trinajstić information content (AvgIpc) is 2.89. The molecule has 0 fully saturated rings. The minimum atomic E-state index is 0.553. The van der Waals surface area contributed by atoms with Gasteiger partial charge in [-0.15, -0.1) is 0 Å². The number of rotatable bonds is 4. The second-order valence-corrected chi connectivity index (χ2v) is 5.63. The quantitative estimate of drug-likeness (QED) is 0.589. The molecule has 0 saturated carbocycles. The summed E-state index contributed by atoms with van der Waals surface area (Å²) >= 11 is 7.32. The summed E-state index contributed by atoms with van der Waals surface area (Å²) in [5.74, 6) is 7.06. The Bertz CT molecular complexity index is 653. The molecule has 0 amide bonds. The van der Waals surface area contributed by atoms with Gasteiger partial charge in [0.1, 0.15) is 10.9 Å². The van der Waals surface area contributed by atoms with Gasteiger partial charge < -0.3 is 10.6 Å². The molecule has 1 aliphatic rings. The minimum Gasteiger partial charge on any atom is -0.374 e. The predicted octanol–water partition coefficient (Wildman–Crippen LogP) is 3.34. The SMILES string of the molecule is CN/C(NCCC#Cc1cccc(Cl)c1)=C1/C=CSC1=N. The van der Waals surface area contributed by atoms with Crippen LogP contribution in [0, 0.1) is 17.3 Å². The molecule has 1 aromatic carbocycles. The van der Waals surface area contributed by atoms with Crippen LogP contribution in [-0.4, -0.2) is 18.6 Å². The Balaban J connectivity index is 1.87. The van der Waals surface area contributed by atoms with E-state index < -0.39 is 0 Å². The van der Waals surface area contributed by atoms with E-state index in [1.54, 1.807) is 0 Å². The Hall–Kier alpha value is -1.83. The van der Waals surface area contributed by atoms with Crippen LogP contribution in [0.3, 0.4) is 0 Å². The zero-order valence-corrected chi connectivity index (χ0v) is 13.2. The third-order valence-corrected chi connectivity index (χ3v) is 3.76. The van der Waals surface area contributed by atoms with Gasteiger partial charge in [0, 0.05) is 36.2 Å². The molecule has 0 unspecified atom stereocenters. The fraction of sp³-hybridized carbons (Fsp3) is 0.188. The van der Waals surface area contributed by atoms with Crippen molar-refractivity contribution in [2.45, 2.75) is 6.42 Å². The van der Waals surface area contributed by atoms with Gasteiger partial charge in [0.25, 0.3) is 0 Å². The van der Waals surface area contributed by atoms with E-state index in [2.05, 4.69) is 22.5 Å². The fourth-order valence-electron chi connectivity index (χ4n) is 1.81. The van der Waals surface area contributed by atoms with Gasteiger partial charge in [0.05, 0.1) is 0 Å². The zero-order valence-electron chi connectivity index (χ0n) is 11.7. The molecule has 1 aromatic rings. The normalized spacial score (nSPS) is 15.4. The molecule has 0 saturated heterocycles. The number of thioether (sulfide) groups is 1. The molecule has 5 heteroatoms. The third-order valence-electron chi connectivity index (χ3n) is 2.79. The Morgan fingerprint density at radius 3 is 2.95 bits per heavy atom. The number of hydrogen-bond donors (Lipinski definition) is 3. The largest absolute Gasteiger partial charge is 0.374 e. The number of allylic oxidation sites excluding steroid dienone is 1. The molecule has 0 aromatic heterocycles. The first kappa shape index (κ1) is 15.6. The smallest absolute Gasteiger partial charge is 0.109 e. The minimum absolute atomic E-state index is 0.553. The molecule has 0 atom stereocenters. The highest BCUT2D eigenvalue weighted by atomic mass is 35.5. The Kier molecular flexibility index (Phi) is 5.79. The summed E-state index contributed by atoms with van der Waals surface area (Å²) in [6, 6.07) is 7.52. The van der Waals surface area contributed by atoms with Crippen molar-refractivity contribution in [3.05, 3.63) is 57.7 Å². The van der Waals surface area contributed by atoms with E-state index >= 15 is 0 Å². The van der Waals surface area contributed by atoms with Crippen molar-refractivity contribution >= 4 is 28.4 Å². The predicted molar refractivity (Wildman–Crippen MR) is 91.5 cm³/mol. The zero-order chi connectivity index (χ0) is 15.1. The van der Waals surface area contributed by atoms with E-state index in [4.69, 9.17) is 17.0 Å². The second-order valence-electron chi connectivity index (χ2n) is 4.28. The maximum Gasteiger partial charge on any atom is 0.109 e. The van der Waals surface area contributed by atoms with Gasteiger partial charge in [-0.1, -0.05) is 41.3 Å². The summed E-state index contributed by atoms with van der Waals surface area (Å²) in [6.07, 6.45) is 2.65. The van der Waals surface area contributed by atoms with E-state index in [1.807, 2.05) is 42.8 Å². The lowest BCUT2D eigenvalue weighted by atomic mass is 10.2. The molecule has 1 heterocycles. The van der Waals surface area contributed by atoms with Crippen molar-refractivity contribution in [1.29, 1.82) is 5.41 Å². The standard InChI is InChI=1S/C16H16ClN3S/c1-19-16(14-8-10-21-15(14)18)20-9-3-2-5-12-6-4-7-13(17)11-12/h4,6-8,10-11,18-20H,3,9H2,1H3/b16-14+,18-15?. The van der Waals surface area contributed by atoms with Crippen LogP contribution in [0.1, 0.15) is 12.0 Å². The van der Waals surface area contributed by atoms with E-state index in [9.17, 15) is 0 Å². The van der Waals surface area contributed by atoms with Gasteiger partial charge >= 0.3 is 0 Å². The Morgan fingerprint density at radius 1 is 1.43 bits per heavy atom. The highest BCUT2D eigenvalue weighted by Crippen LogP contribution is 2.23. The van der Waals surface area contributed by atoms with Gasteiger partial charge in [-0.25, -0.2) is 0 Å². The van der Waals surface area contributed by atoms with Gasteiger partial charge in [0.15, 0.2) is 0 Å². The van der Waals surface area contributed by atoms with Crippen molar-refractivity contribution in [3.63, 3.8) is 0 Å². The molecule has 0 radical (unpaired) electrons. The number of hydrogen-bond acceptors (Lipinski definition) is 4. The molecule has 21 heavy (non-hydrogen) atoms. The van der Waals surface area contributed by atoms with Gasteiger partial charge in [-0.2, -0.15) is 0 Å². The second kappa shape index (κ2) is 7.82. The summed E-state index contributed by atoms with van der Waals surface area (Å²) in [5.41, 5.74) is 1.82. The van der Waals surface area contributed by atoms with E-state index in [1.165, 1.54) is 11.8 Å². The van der Waals surface area contributed by atoms with Crippen LogP contribution in [0.4, 0.5) is 0 Å². The first-order valence-electron chi connectivity index (χ1n) is 6.53. The first-order chi connectivity index (χ1) is 10.2. The van der Waals surface area contributed by atoms with Gasteiger partial charge in [-0.3, -0.25) is 5.41 Å². The molecule has 0 aliphatic carbocycles. The van der Waals surface area contributed by atoms with Crippen LogP contribution >= 0.6 is 23.4 Å². The van der Waals surface area contributed by atoms with Crippen molar-refractivity contribution in [2.75, 3.05) is 13.6 Å². The molecule has 1 aliphatic heterocycles. The fourth-order valence-corrected chi connectivity index (χ4v) is 2.63. The van der Waals surface area contributed by atoms with Crippen LogP contribution in [0.2, 0.25) is 5.02 Å². The van der Waals surface area contributed by atoms with Crippen molar-refractivity contribution in [3.8, 4) is 11.8 Å². The molecule has 2 rings (SSSR count). The maximum absolute atomic E-state index is 7.81. The summed E-state index contributed by atoms with van der Waals surface area (Å²) in [6.45, 7) is 0.721. The van der Waals surface area contributed by atoms with Crippen molar-refractivity contribution < 1.29 is 0 Å². The van der Waals surface area contributed by atoms with Gasteiger partial charge in [-0.05, 0) is 29.7 Å². The Morgan fingerprint density at radius 2 is 2.29 bits per heavy atom. The number of halogens is 1. The van der Waals surface area contributed by atoms with Crippen LogP contribution in [0.15, 0.2) is 47.1 Å². The maximum atomic E-state index is 7.81. The highest BCUT2D eigenvalue weighted by molar-refractivity contribution is 8.17. The summed E-state index contributed by atoms with van der Waals surface area (Å²) in [5, 5.41) is 17.3. The number of benzene rings is 1. The summed E-state index contributed by atoms with van der Waals surface area (Å²) < 4.78 is 0. The van der Waals surface area contributed by atoms with Crippen LogP contribution in [-0.2, 0) is 0 Å². The van der Waals surface area contributed by atoms with Crippen LogP contribution in [0.25, 0.3) is 0 Å².